The second kappa shape index (κ2) is 9.80. The summed E-state index contributed by atoms with van der Waals surface area (Å²) in [6, 6.07) is 12.3. The van der Waals surface area contributed by atoms with E-state index in [-0.39, 0.29) is 23.8 Å². The van der Waals surface area contributed by atoms with E-state index in [0.29, 0.717) is 19.5 Å². The van der Waals surface area contributed by atoms with Crippen LogP contribution in [0, 0.1) is 5.92 Å². The molecule has 10 heteroatoms. The van der Waals surface area contributed by atoms with Crippen molar-refractivity contribution in [1.82, 2.24) is 15.2 Å². The number of aliphatic carboxylic acids is 1. The van der Waals surface area contributed by atoms with Gasteiger partial charge in [0.2, 0.25) is 11.8 Å². The summed E-state index contributed by atoms with van der Waals surface area (Å²) in [7, 11) is 0. The molecule has 0 radical (unpaired) electrons. The number of rotatable bonds is 4. The molecule has 2 aliphatic rings. The summed E-state index contributed by atoms with van der Waals surface area (Å²) in [6.45, 7) is 1.03. The van der Waals surface area contributed by atoms with Crippen LogP contribution in [0.25, 0.3) is 0 Å². The number of amides is 2. The maximum atomic E-state index is 12.6. The van der Waals surface area contributed by atoms with Gasteiger partial charge in [0.25, 0.3) is 0 Å². The number of hydrogen-bond acceptors (Lipinski definition) is 4. The number of benzene rings is 1. The van der Waals surface area contributed by atoms with Crippen molar-refractivity contribution in [2.24, 2.45) is 5.92 Å². The second-order valence-corrected chi connectivity index (χ2v) is 7.72. The molecule has 1 atom stereocenters. The number of fused-ring (bicyclic) bond motifs is 1. The molecule has 2 aromatic rings. The van der Waals surface area contributed by atoms with E-state index in [4.69, 9.17) is 9.90 Å². The molecule has 4 rings (SSSR count). The lowest BCUT2D eigenvalue weighted by atomic mass is 10.1. The fourth-order valence-corrected chi connectivity index (χ4v) is 3.79. The average Bonchev–Trinajstić information content (AvgIpc) is 3.31. The van der Waals surface area contributed by atoms with Crippen molar-refractivity contribution in [3.05, 3.63) is 65.5 Å². The highest BCUT2D eigenvalue weighted by Gasteiger charge is 2.38. The Hall–Kier alpha value is -3.43. The van der Waals surface area contributed by atoms with Crippen molar-refractivity contribution in [3.8, 4) is 0 Å². The molecule has 0 spiro atoms. The van der Waals surface area contributed by atoms with Gasteiger partial charge in [-0.1, -0.05) is 24.3 Å². The minimum absolute atomic E-state index is 0.00313. The zero-order valence-corrected chi connectivity index (χ0v) is 17.0. The largest absolute Gasteiger partial charge is 0.490 e. The molecule has 1 saturated heterocycles. The molecule has 7 nitrogen and oxygen atoms in total. The van der Waals surface area contributed by atoms with Gasteiger partial charge in [0.05, 0.1) is 5.92 Å². The number of nitrogens with zero attached hydrogens (tertiary/aromatic N) is 2. The SMILES string of the molecule is O=C(NC1Cc2ccccc2C1)C1CC(=O)N(Cc2ccncc2)C1.O=C(O)C(F)(F)F. The number of likely N-dealkylation sites (tertiary alicyclic amines) is 1. The Morgan fingerprint density at radius 1 is 1.06 bits per heavy atom. The fourth-order valence-electron chi connectivity index (χ4n) is 3.79. The molecule has 32 heavy (non-hydrogen) atoms. The molecule has 2 heterocycles. The van der Waals surface area contributed by atoms with E-state index >= 15 is 0 Å². The van der Waals surface area contributed by atoms with E-state index in [1.54, 1.807) is 17.3 Å². The number of aromatic nitrogens is 1. The van der Waals surface area contributed by atoms with E-state index in [0.717, 1.165) is 18.4 Å². The summed E-state index contributed by atoms with van der Waals surface area (Å²) in [5.41, 5.74) is 3.67. The predicted molar refractivity (Wildman–Crippen MR) is 107 cm³/mol. The van der Waals surface area contributed by atoms with Gasteiger partial charge in [0.1, 0.15) is 0 Å². The van der Waals surface area contributed by atoms with Crippen LogP contribution in [-0.4, -0.2) is 51.5 Å². The third-order valence-corrected chi connectivity index (χ3v) is 5.35. The molecule has 1 aliphatic carbocycles. The first-order valence-electron chi connectivity index (χ1n) is 9.97. The number of pyridine rings is 1. The summed E-state index contributed by atoms with van der Waals surface area (Å²) >= 11 is 0. The molecule has 1 fully saturated rings. The zero-order chi connectivity index (χ0) is 23.3. The van der Waals surface area contributed by atoms with Gasteiger partial charge >= 0.3 is 12.1 Å². The van der Waals surface area contributed by atoms with Crippen LogP contribution >= 0.6 is 0 Å². The third-order valence-electron chi connectivity index (χ3n) is 5.35. The van der Waals surface area contributed by atoms with Gasteiger partial charge in [-0.25, -0.2) is 4.79 Å². The summed E-state index contributed by atoms with van der Waals surface area (Å²) in [6.07, 6.45) is 0.416. The van der Waals surface area contributed by atoms with Gasteiger partial charge in [-0.05, 0) is 41.7 Å². The van der Waals surface area contributed by atoms with E-state index in [1.165, 1.54) is 11.1 Å². The van der Waals surface area contributed by atoms with Crippen LogP contribution < -0.4 is 5.32 Å². The monoisotopic (exact) mass is 449 g/mol. The Labute approximate surface area is 182 Å². The first-order valence-corrected chi connectivity index (χ1v) is 9.97. The number of hydrogen-bond donors (Lipinski definition) is 2. The maximum Gasteiger partial charge on any atom is 0.490 e. The second-order valence-electron chi connectivity index (χ2n) is 7.72. The summed E-state index contributed by atoms with van der Waals surface area (Å²) < 4.78 is 31.7. The average molecular weight is 449 g/mol. The van der Waals surface area contributed by atoms with Crippen molar-refractivity contribution in [3.63, 3.8) is 0 Å². The lowest BCUT2D eigenvalue weighted by Crippen LogP contribution is -2.40. The molecular formula is C22H22F3N3O4. The Balaban J connectivity index is 0.000000360. The van der Waals surface area contributed by atoms with E-state index in [1.807, 2.05) is 24.3 Å². The Bertz CT molecular complexity index is 957. The third kappa shape index (κ3) is 6.05. The maximum absolute atomic E-state index is 12.6. The highest BCUT2D eigenvalue weighted by atomic mass is 19.4. The molecule has 2 amide bonds. The van der Waals surface area contributed by atoms with Gasteiger partial charge in [-0.15, -0.1) is 0 Å². The smallest absolute Gasteiger partial charge is 0.475 e. The van der Waals surface area contributed by atoms with Crippen LogP contribution in [-0.2, 0) is 33.8 Å². The first-order chi connectivity index (χ1) is 15.1. The summed E-state index contributed by atoms with van der Waals surface area (Å²) in [4.78, 5) is 39.5. The minimum Gasteiger partial charge on any atom is -0.475 e. The topological polar surface area (TPSA) is 99.6 Å². The van der Waals surface area contributed by atoms with Gasteiger partial charge < -0.3 is 15.3 Å². The van der Waals surface area contributed by atoms with Crippen LogP contribution in [0.5, 0.6) is 0 Å². The van der Waals surface area contributed by atoms with Crippen LogP contribution in [0.2, 0.25) is 0 Å². The zero-order valence-electron chi connectivity index (χ0n) is 17.0. The molecule has 1 aliphatic heterocycles. The molecule has 0 bridgehead atoms. The molecule has 1 aromatic carbocycles. The van der Waals surface area contributed by atoms with Crippen LogP contribution in [0.15, 0.2) is 48.8 Å². The molecule has 1 aromatic heterocycles. The lowest BCUT2D eigenvalue weighted by molar-refractivity contribution is -0.192. The van der Waals surface area contributed by atoms with Gasteiger partial charge in [0.15, 0.2) is 0 Å². The van der Waals surface area contributed by atoms with E-state index < -0.39 is 12.1 Å². The van der Waals surface area contributed by atoms with Crippen LogP contribution in [0.4, 0.5) is 13.2 Å². The summed E-state index contributed by atoms with van der Waals surface area (Å²) in [5.74, 6) is -2.96. The molecule has 1 unspecified atom stereocenters. The van der Waals surface area contributed by atoms with Gasteiger partial charge in [-0.2, -0.15) is 13.2 Å². The molecule has 2 N–H and O–H groups in total. The number of carboxylic acids is 1. The quantitative estimate of drug-likeness (QED) is 0.747. The number of halogens is 3. The van der Waals surface area contributed by atoms with Crippen LogP contribution in [0.1, 0.15) is 23.1 Å². The normalized spacial score (nSPS) is 18.0. The Kier molecular flexibility index (Phi) is 7.12. The van der Waals surface area contributed by atoms with Crippen molar-refractivity contribution >= 4 is 17.8 Å². The number of carboxylic acid groups (broad SMARTS) is 1. The Morgan fingerprint density at radius 2 is 1.62 bits per heavy atom. The number of nitrogens with one attached hydrogen (secondary N) is 1. The highest BCUT2D eigenvalue weighted by molar-refractivity contribution is 5.89. The number of carbonyl (C=O) groups is 3. The van der Waals surface area contributed by atoms with Crippen molar-refractivity contribution in [1.29, 1.82) is 0 Å². The molecular weight excluding hydrogens is 427 g/mol. The van der Waals surface area contributed by atoms with Gasteiger partial charge in [-0.3, -0.25) is 14.6 Å². The standard InChI is InChI=1S/C20H21N3O2.C2HF3O2/c24-19-11-17(13-23(19)12-14-5-7-21-8-6-14)20(25)22-18-9-15-3-1-2-4-16(15)10-18;3-2(4,5)1(6)7/h1-8,17-18H,9-13H2,(H,22,25);(H,6,7). The van der Waals surface area contributed by atoms with Crippen LogP contribution in [0.3, 0.4) is 0 Å². The first kappa shape index (κ1) is 23.2. The lowest BCUT2D eigenvalue weighted by Gasteiger charge is -2.18. The molecule has 0 saturated carbocycles. The highest BCUT2D eigenvalue weighted by Crippen LogP contribution is 2.24. The predicted octanol–water partition coefficient (Wildman–Crippen LogP) is 2.35. The fraction of sp³-hybridized carbons (Fsp3) is 0.364. The van der Waals surface area contributed by atoms with Crippen molar-refractivity contribution in [2.45, 2.75) is 38.0 Å². The minimum atomic E-state index is -5.08. The van der Waals surface area contributed by atoms with E-state index in [9.17, 15) is 22.8 Å². The van der Waals surface area contributed by atoms with Crippen molar-refractivity contribution in [2.75, 3.05) is 6.54 Å². The number of carbonyl (C=O) groups excluding carboxylic acids is 2. The summed E-state index contributed by atoms with van der Waals surface area (Å²) in [5, 5.41) is 10.3. The molecule has 170 valence electrons. The van der Waals surface area contributed by atoms with Gasteiger partial charge in [0, 0.05) is 37.9 Å². The number of alkyl halides is 3. The van der Waals surface area contributed by atoms with Crippen molar-refractivity contribution < 1.29 is 32.7 Å². The Morgan fingerprint density at radius 3 is 2.16 bits per heavy atom. The van der Waals surface area contributed by atoms with E-state index in [2.05, 4.69) is 22.4 Å².